The lowest BCUT2D eigenvalue weighted by atomic mass is 10.3. The van der Waals surface area contributed by atoms with Crippen molar-refractivity contribution < 1.29 is 13.2 Å². The van der Waals surface area contributed by atoms with Crippen LogP contribution in [0.2, 0.25) is 0 Å². The van der Waals surface area contributed by atoms with E-state index in [0.717, 1.165) is 5.69 Å². The van der Waals surface area contributed by atoms with Gasteiger partial charge in [-0.2, -0.15) is 0 Å². The summed E-state index contributed by atoms with van der Waals surface area (Å²) in [5, 5.41) is 0. The molecule has 3 N–H and O–H groups in total. The van der Waals surface area contributed by atoms with Crippen molar-refractivity contribution >= 4 is 10.0 Å². The number of hydrogen-bond donors (Lipinski definition) is 2. The Bertz CT molecular complexity index is 523. The Labute approximate surface area is 121 Å². The van der Waals surface area contributed by atoms with E-state index in [-0.39, 0.29) is 17.0 Å². The third kappa shape index (κ3) is 4.31. The van der Waals surface area contributed by atoms with Gasteiger partial charge in [0.1, 0.15) is 0 Å². The Hall–Kier alpha value is -0.890. The maximum Gasteiger partial charge on any atom is 0.242 e. The Balaban J connectivity index is 2.92. The van der Waals surface area contributed by atoms with Crippen LogP contribution in [0.5, 0.6) is 0 Å². The number of sulfonamides is 1. The van der Waals surface area contributed by atoms with E-state index < -0.39 is 10.0 Å². The molecule has 7 heteroatoms. The normalized spacial score (nSPS) is 13.9. The lowest BCUT2D eigenvalue weighted by Gasteiger charge is -2.13. The fraction of sp³-hybridized carbons (Fsp3) is 0.692. The van der Waals surface area contributed by atoms with Crippen LogP contribution in [0.15, 0.2) is 17.2 Å². The molecule has 0 aliphatic rings. The average Bonchev–Trinajstić information content (AvgIpc) is 2.80. The maximum absolute atomic E-state index is 12.3. The van der Waals surface area contributed by atoms with Gasteiger partial charge in [-0.1, -0.05) is 0 Å². The zero-order valence-corrected chi connectivity index (χ0v) is 13.4. The van der Waals surface area contributed by atoms with E-state index in [0.29, 0.717) is 19.6 Å². The molecule has 6 nitrogen and oxygen atoms in total. The van der Waals surface area contributed by atoms with Crippen molar-refractivity contribution in [1.82, 2.24) is 9.29 Å². The molecule has 0 radical (unpaired) electrons. The second-order valence-corrected chi connectivity index (χ2v) is 6.89. The van der Waals surface area contributed by atoms with Gasteiger partial charge in [-0.3, -0.25) is 0 Å². The van der Waals surface area contributed by atoms with Gasteiger partial charge < -0.3 is 15.0 Å². The van der Waals surface area contributed by atoms with Crippen LogP contribution in [-0.4, -0.2) is 32.7 Å². The molecule has 1 unspecified atom stereocenters. The highest BCUT2D eigenvalue weighted by atomic mass is 32.2. The van der Waals surface area contributed by atoms with E-state index in [4.69, 9.17) is 10.5 Å². The summed E-state index contributed by atoms with van der Waals surface area (Å²) in [4.78, 5) is 0.260. The van der Waals surface area contributed by atoms with Crippen molar-refractivity contribution in [3.8, 4) is 0 Å². The fourth-order valence-corrected chi connectivity index (χ4v) is 3.30. The van der Waals surface area contributed by atoms with E-state index in [2.05, 4.69) is 4.72 Å². The number of nitrogens with two attached hydrogens (primary N) is 1. The van der Waals surface area contributed by atoms with Gasteiger partial charge in [0.15, 0.2) is 0 Å². The SMILES string of the molecule is COCCC(C)NS(=O)(=O)c1cc(CN)n(C(C)C)c1. The molecule has 0 saturated carbocycles. The molecule has 1 aromatic rings. The minimum absolute atomic E-state index is 0.170. The molecule has 0 aliphatic heterocycles. The molecule has 0 fully saturated rings. The zero-order chi connectivity index (χ0) is 15.3. The zero-order valence-electron chi connectivity index (χ0n) is 12.6. The van der Waals surface area contributed by atoms with Crippen LogP contribution in [0.25, 0.3) is 0 Å². The number of rotatable bonds is 8. The van der Waals surface area contributed by atoms with Gasteiger partial charge in [-0.25, -0.2) is 13.1 Å². The number of methoxy groups -OCH3 is 1. The molecule has 1 rings (SSSR count). The molecule has 20 heavy (non-hydrogen) atoms. The molecule has 0 spiro atoms. The minimum Gasteiger partial charge on any atom is -0.385 e. The van der Waals surface area contributed by atoms with Gasteiger partial charge in [-0.15, -0.1) is 0 Å². The summed E-state index contributed by atoms with van der Waals surface area (Å²) in [6, 6.07) is 1.62. The third-order valence-corrected chi connectivity index (χ3v) is 4.65. The fourth-order valence-electron chi connectivity index (χ4n) is 1.97. The van der Waals surface area contributed by atoms with Crippen molar-refractivity contribution in [2.24, 2.45) is 5.73 Å². The summed E-state index contributed by atoms with van der Waals surface area (Å²) in [5.41, 5.74) is 6.47. The Morgan fingerprint density at radius 2 is 2.05 bits per heavy atom. The molecule has 0 bridgehead atoms. The first kappa shape index (κ1) is 17.2. The molecule has 1 aromatic heterocycles. The summed E-state index contributed by atoms with van der Waals surface area (Å²) in [6.45, 7) is 6.63. The van der Waals surface area contributed by atoms with E-state index in [1.165, 1.54) is 0 Å². The number of ether oxygens (including phenoxy) is 1. The van der Waals surface area contributed by atoms with Crippen molar-refractivity contribution in [2.45, 2.75) is 50.7 Å². The summed E-state index contributed by atoms with van der Waals surface area (Å²) in [6.07, 6.45) is 2.27. The molecule has 0 saturated heterocycles. The third-order valence-electron chi connectivity index (χ3n) is 3.09. The number of aromatic nitrogens is 1. The first-order valence-corrected chi connectivity index (χ1v) is 8.22. The topological polar surface area (TPSA) is 86.3 Å². The number of hydrogen-bond acceptors (Lipinski definition) is 4. The van der Waals surface area contributed by atoms with Gasteiger partial charge in [0.2, 0.25) is 10.0 Å². The highest BCUT2D eigenvalue weighted by Gasteiger charge is 2.21. The van der Waals surface area contributed by atoms with Crippen molar-refractivity contribution in [3.63, 3.8) is 0 Å². The van der Waals surface area contributed by atoms with E-state index in [1.54, 1.807) is 19.4 Å². The van der Waals surface area contributed by atoms with Crippen LogP contribution < -0.4 is 10.5 Å². The standard InChI is InChI=1S/C13H25N3O3S/c1-10(2)16-9-13(7-12(16)8-14)20(17,18)15-11(3)5-6-19-4/h7,9-11,15H,5-6,8,14H2,1-4H3. The Morgan fingerprint density at radius 1 is 1.40 bits per heavy atom. The first-order valence-electron chi connectivity index (χ1n) is 6.74. The average molecular weight is 303 g/mol. The molecule has 0 aromatic carbocycles. The van der Waals surface area contributed by atoms with Gasteiger partial charge >= 0.3 is 0 Å². The molecule has 1 atom stereocenters. The quantitative estimate of drug-likeness (QED) is 0.756. The van der Waals surface area contributed by atoms with Crippen LogP contribution in [0.4, 0.5) is 0 Å². The summed E-state index contributed by atoms with van der Waals surface area (Å²) in [5.74, 6) is 0. The highest BCUT2D eigenvalue weighted by molar-refractivity contribution is 7.89. The molecule has 1 heterocycles. The second-order valence-electron chi connectivity index (χ2n) is 5.18. The van der Waals surface area contributed by atoms with Crippen LogP contribution in [0.1, 0.15) is 38.9 Å². The monoisotopic (exact) mass is 303 g/mol. The van der Waals surface area contributed by atoms with Crippen molar-refractivity contribution in [1.29, 1.82) is 0 Å². The molecular weight excluding hydrogens is 278 g/mol. The summed E-state index contributed by atoms with van der Waals surface area (Å²) < 4.78 is 34.1. The summed E-state index contributed by atoms with van der Waals surface area (Å²) in [7, 11) is -1.92. The Kier molecular flexibility index (Phi) is 6.19. The van der Waals surface area contributed by atoms with Crippen LogP contribution in [-0.2, 0) is 21.3 Å². The number of nitrogens with zero attached hydrogens (tertiary/aromatic N) is 1. The molecule has 116 valence electrons. The van der Waals surface area contributed by atoms with E-state index in [9.17, 15) is 8.42 Å². The van der Waals surface area contributed by atoms with E-state index >= 15 is 0 Å². The lowest BCUT2D eigenvalue weighted by Crippen LogP contribution is -2.33. The second kappa shape index (κ2) is 7.21. The number of nitrogens with one attached hydrogen (secondary N) is 1. The highest BCUT2D eigenvalue weighted by Crippen LogP contribution is 2.19. The largest absolute Gasteiger partial charge is 0.385 e. The maximum atomic E-state index is 12.3. The predicted octanol–water partition coefficient (Wildman–Crippen LogP) is 1.23. The van der Waals surface area contributed by atoms with Crippen LogP contribution in [0, 0.1) is 0 Å². The molecule has 0 aliphatic carbocycles. The minimum atomic E-state index is -3.52. The smallest absolute Gasteiger partial charge is 0.242 e. The van der Waals surface area contributed by atoms with Crippen molar-refractivity contribution in [2.75, 3.05) is 13.7 Å². The lowest BCUT2D eigenvalue weighted by molar-refractivity contribution is 0.188. The van der Waals surface area contributed by atoms with Gasteiger partial charge in [0.05, 0.1) is 4.90 Å². The van der Waals surface area contributed by atoms with Crippen LogP contribution in [0.3, 0.4) is 0 Å². The van der Waals surface area contributed by atoms with Crippen molar-refractivity contribution in [3.05, 3.63) is 18.0 Å². The van der Waals surface area contributed by atoms with Crippen LogP contribution >= 0.6 is 0 Å². The summed E-state index contributed by atoms with van der Waals surface area (Å²) >= 11 is 0. The van der Waals surface area contributed by atoms with Gasteiger partial charge in [0.25, 0.3) is 0 Å². The predicted molar refractivity (Wildman–Crippen MR) is 79.0 cm³/mol. The van der Waals surface area contributed by atoms with Gasteiger partial charge in [0, 0.05) is 44.2 Å². The molecule has 0 amide bonds. The Morgan fingerprint density at radius 3 is 2.50 bits per heavy atom. The molecular formula is C13H25N3O3S. The van der Waals surface area contributed by atoms with Gasteiger partial charge in [-0.05, 0) is 33.3 Å². The first-order chi connectivity index (χ1) is 9.31. The van der Waals surface area contributed by atoms with E-state index in [1.807, 2.05) is 25.3 Å².